The van der Waals surface area contributed by atoms with E-state index < -0.39 is 5.97 Å². The third-order valence-corrected chi connectivity index (χ3v) is 3.03. The van der Waals surface area contributed by atoms with E-state index in [4.69, 9.17) is 0 Å². The first-order chi connectivity index (χ1) is 8.70. The number of unbranched alkanes of at least 4 members (excludes halogenated alkanes) is 8. The second kappa shape index (κ2) is 16.2. The van der Waals surface area contributed by atoms with Crippen molar-refractivity contribution in [3.8, 4) is 0 Å². The van der Waals surface area contributed by atoms with E-state index in [0.29, 0.717) is 6.42 Å². The van der Waals surface area contributed by atoms with E-state index in [9.17, 15) is 9.59 Å². The summed E-state index contributed by atoms with van der Waals surface area (Å²) in [4.78, 5) is 25.9. The van der Waals surface area contributed by atoms with Crippen LogP contribution in [0.25, 0.3) is 0 Å². The third kappa shape index (κ3) is 16.0. The van der Waals surface area contributed by atoms with Crippen LogP contribution in [0.5, 0.6) is 0 Å². The first-order valence-electron chi connectivity index (χ1n) is 7.12. The van der Waals surface area contributed by atoms with Crippen molar-refractivity contribution < 1.29 is 45.4 Å². The van der Waals surface area contributed by atoms with Crippen LogP contribution in [0, 0.1) is 0 Å². The number of Topliss-reactive ketones (excluding diaryl/α,β-unsaturated/α-hetero) is 1. The monoisotopic (exact) mass is 281 g/mol. The Morgan fingerprint density at radius 2 is 1.42 bits per heavy atom. The summed E-state index contributed by atoms with van der Waals surface area (Å²) in [7, 11) is 0. The van der Waals surface area contributed by atoms with E-state index in [2.05, 4.69) is 17.7 Å². The maximum atomic E-state index is 11.3. The van der Waals surface area contributed by atoms with Crippen molar-refractivity contribution in [2.24, 2.45) is 5.90 Å². The largest absolute Gasteiger partial charge is 1.00 e. The molecule has 0 aromatic rings. The van der Waals surface area contributed by atoms with Crippen molar-refractivity contribution in [3.63, 3.8) is 0 Å². The van der Waals surface area contributed by atoms with Crippen molar-refractivity contribution in [2.75, 3.05) is 0 Å². The van der Waals surface area contributed by atoms with Crippen LogP contribution in [-0.4, -0.2) is 11.8 Å². The second-order valence-corrected chi connectivity index (χ2v) is 4.78. The van der Waals surface area contributed by atoms with Gasteiger partial charge in [0, 0.05) is 6.42 Å². The molecule has 2 N–H and O–H groups in total. The Hall–Kier alpha value is 0.1000. The average molecular weight is 281 g/mol. The minimum atomic E-state index is -0.643. The van der Waals surface area contributed by atoms with Crippen LogP contribution in [0.1, 0.15) is 79.0 Å². The van der Waals surface area contributed by atoms with Gasteiger partial charge >= 0.3 is 35.5 Å². The number of carbonyl (C=O) groups excluding carboxylic acids is 2. The molecular formula is C14H28NNaO3. The molecule has 0 aromatic heterocycles. The van der Waals surface area contributed by atoms with Gasteiger partial charge in [-0.15, -0.1) is 0 Å². The number of ketones is 1. The smallest absolute Gasteiger partial charge is 1.00 e. The molecule has 0 rings (SSSR count). The summed E-state index contributed by atoms with van der Waals surface area (Å²) in [6.45, 7) is 2.22. The Labute approximate surface area is 140 Å². The minimum Gasteiger partial charge on any atom is -1.00 e. The summed E-state index contributed by atoms with van der Waals surface area (Å²) < 4.78 is 0. The Balaban J connectivity index is -0.00000144. The molecule has 5 heteroatoms. The van der Waals surface area contributed by atoms with E-state index in [-0.39, 0.29) is 43.2 Å². The van der Waals surface area contributed by atoms with Crippen molar-refractivity contribution in [3.05, 3.63) is 0 Å². The molecule has 0 radical (unpaired) electrons. The van der Waals surface area contributed by atoms with E-state index in [1.807, 2.05) is 0 Å². The fourth-order valence-corrected chi connectivity index (χ4v) is 1.92. The number of nitrogens with two attached hydrogens (primary N) is 1. The molecule has 0 aliphatic rings. The zero-order valence-corrected chi connectivity index (χ0v) is 14.6. The van der Waals surface area contributed by atoms with Gasteiger partial charge in [-0.05, 0) is 6.42 Å². The van der Waals surface area contributed by atoms with Crippen molar-refractivity contribution in [2.45, 2.75) is 77.6 Å². The maximum Gasteiger partial charge on any atom is 1.00 e. The summed E-state index contributed by atoms with van der Waals surface area (Å²) in [5, 5.41) is 0. The quantitative estimate of drug-likeness (QED) is 0.243. The molecular weight excluding hydrogens is 253 g/mol. The molecule has 0 unspecified atom stereocenters. The van der Waals surface area contributed by atoms with Crippen LogP contribution in [0.4, 0.5) is 0 Å². The van der Waals surface area contributed by atoms with Crippen molar-refractivity contribution in [1.82, 2.24) is 0 Å². The van der Waals surface area contributed by atoms with Crippen LogP contribution in [0.2, 0.25) is 0 Å². The number of rotatable bonds is 12. The van der Waals surface area contributed by atoms with Crippen molar-refractivity contribution >= 4 is 11.8 Å². The van der Waals surface area contributed by atoms with Gasteiger partial charge in [-0.2, -0.15) is 5.90 Å². The topological polar surface area (TPSA) is 69.4 Å². The molecule has 19 heavy (non-hydrogen) atoms. The van der Waals surface area contributed by atoms with Crippen LogP contribution in [-0.2, 0) is 14.4 Å². The fourth-order valence-electron chi connectivity index (χ4n) is 1.92. The van der Waals surface area contributed by atoms with Gasteiger partial charge in [0.05, 0.1) is 0 Å². The molecule has 0 spiro atoms. The Kier molecular flexibility index (Phi) is 18.2. The predicted octanol–water partition coefficient (Wildman–Crippen LogP) is 0.400. The fraction of sp³-hybridized carbons (Fsp3) is 0.857. The molecule has 0 fully saturated rings. The van der Waals surface area contributed by atoms with E-state index in [0.717, 1.165) is 12.8 Å². The molecule has 0 aliphatic heterocycles. The predicted molar refractivity (Wildman–Crippen MR) is 72.9 cm³/mol. The summed E-state index contributed by atoms with van der Waals surface area (Å²) >= 11 is 0. The zero-order chi connectivity index (χ0) is 13.6. The number of hydrogen-bond donors (Lipinski definition) is 1. The second-order valence-electron chi connectivity index (χ2n) is 4.78. The molecule has 0 saturated carbocycles. The minimum absolute atomic E-state index is 0. The first-order valence-corrected chi connectivity index (χ1v) is 7.12. The van der Waals surface area contributed by atoms with Crippen LogP contribution in [0.15, 0.2) is 0 Å². The first kappa shape index (κ1) is 21.4. The summed E-state index contributed by atoms with van der Waals surface area (Å²) in [6, 6.07) is 0. The molecule has 4 nitrogen and oxygen atoms in total. The van der Waals surface area contributed by atoms with Gasteiger partial charge < -0.3 is 6.26 Å². The summed E-state index contributed by atoms with van der Waals surface area (Å²) in [5.41, 5.74) is 0. The third-order valence-electron chi connectivity index (χ3n) is 3.03. The summed E-state index contributed by atoms with van der Waals surface area (Å²) in [6.07, 6.45) is 11.2. The van der Waals surface area contributed by atoms with Gasteiger partial charge in [-0.1, -0.05) is 58.3 Å². The van der Waals surface area contributed by atoms with Crippen LogP contribution >= 0.6 is 0 Å². The van der Waals surface area contributed by atoms with Crippen molar-refractivity contribution in [1.29, 1.82) is 0 Å². The van der Waals surface area contributed by atoms with E-state index in [1.165, 1.54) is 44.9 Å². The molecule has 0 saturated heterocycles. The van der Waals surface area contributed by atoms with Gasteiger partial charge in [-0.3, -0.25) is 4.79 Å². The van der Waals surface area contributed by atoms with Gasteiger partial charge in [0.25, 0.3) is 0 Å². The van der Waals surface area contributed by atoms with Gasteiger partial charge in [0.2, 0.25) is 0 Å². The van der Waals surface area contributed by atoms with Gasteiger partial charge in [0.15, 0.2) is 0 Å². The van der Waals surface area contributed by atoms with Crippen LogP contribution < -0.4 is 35.5 Å². The Morgan fingerprint density at radius 3 is 1.89 bits per heavy atom. The Bertz CT molecular complexity index is 240. The standard InChI is InChI=1S/C14H27NO3.Na.H/c1-2-3-4-5-6-7-8-9-10-11-13(16)12-14(17)18-15;;/h2-12,15H2,1H3;;/q;+1;-1. The Morgan fingerprint density at radius 1 is 0.947 bits per heavy atom. The van der Waals surface area contributed by atoms with Gasteiger partial charge in [0.1, 0.15) is 12.2 Å². The summed E-state index contributed by atoms with van der Waals surface area (Å²) in [5.74, 6) is 3.94. The maximum absolute atomic E-state index is 11.3. The number of hydrogen-bond acceptors (Lipinski definition) is 4. The van der Waals surface area contributed by atoms with Crippen LogP contribution in [0.3, 0.4) is 0 Å². The van der Waals surface area contributed by atoms with Gasteiger partial charge in [-0.25, -0.2) is 4.79 Å². The molecule has 0 amide bonds. The van der Waals surface area contributed by atoms with E-state index in [1.54, 1.807) is 0 Å². The SMILES string of the molecule is CCCCCCCCCCCC(=O)CC(=O)ON.[H-].[Na+]. The number of carbonyl (C=O) groups is 2. The average Bonchev–Trinajstić information content (AvgIpc) is 2.36. The zero-order valence-electron chi connectivity index (χ0n) is 13.6. The molecule has 0 heterocycles. The molecule has 108 valence electrons. The normalized spacial score (nSPS) is 9.79. The molecule has 0 aliphatic carbocycles. The molecule has 0 bridgehead atoms. The van der Waals surface area contributed by atoms with E-state index >= 15 is 0 Å². The molecule has 0 aromatic carbocycles. The molecule has 0 atom stereocenters.